The number of carboxylic acid groups (broad SMARTS) is 1. The van der Waals surface area contributed by atoms with Gasteiger partial charge in [0.25, 0.3) is 0 Å². The molecule has 0 radical (unpaired) electrons. The Bertz CT molecular complexity index is 244. The van der Waals surface area contributed by atoms with E-state index < -0.39 is 5.97 Å². The van der Waals surface area contributed by atoms with Crippen molar-refractivity contribution in [3.8, 4) is 0 Å². The maximum Gasteiger partial charge on any atom is 1.00 e. The van der Waals surface area contributed by atoms with Gasteiger partial charge in [0.05, 0.1) is 0 Å². The van der Waals surface area contributed by atoms with Gasteiger partial charge in [-0.1, -0.05) is 116 Å². The van der Waals surface area contributed by atoms with Crippen molar-refractivity contribution in [3.63, 3.8) is 0 Å². The summed E-state index contributed by atoms with van der Waals surface area (Å²) < 4.78 is 0. The molecule has 0 N–H and O–H groups in total. The van der Waals surface area contributed by atoms with Gasteiger partial charge in [0.15, 0.2) is 0 Å². The first-order chi connectivity index (χ1) is 11.3. The van der Waals surface area contributed by atoms with Crippen LogP contribution in [0.5, 0.6) is 0 Å². The molecule has 0 aliphatic heterocycles. The van der Waals surface area contributed by atoms with Gasteiger partial charge >= 0.3 is 18.9 Å². The van der Waals surface area contributed by atoms with Crippen LogP contribution in [0.15, 0.2) is 0 Å². The SMILES string of the molecule is CCCCCCCCCCCCCCCCCCCCC(=O)[O-].[Li+]. The molecular weight excluding hydrogens is 291 g/mol. The van der Waals surface area contributed by atoms with E-state index in [-0.39, 0.29) is 25.3 Å². The molecule has 0 aliphatic carbocycles. The Morgan fingerprint density at radius 2 is 0.792 bits per heavy atom. The number of rotatable bonds is 19. The van der Waals surface area contributed by atoms with Crippen LogP contribution >= 0.6 is 0 Å². The summed E-state index contributed by atoms with van der Waals surface area (Å²) in [6.45, 7) is 2.28. The van der Waals surface area contributed by atoms with Crippen molar-refractivity contribution in [1.29, 1.82) is 0 Å². The van der Waals surface area contributed by atoms with Crippen LogP contribution in [0.1, 0.15) is 129 Å². The molecule has 0 aromatic heterocycles. The monoisotopic (exact) mass is 332 g/mol. The number of carbonyl (C=O) groups excluding carboxylic acids is 1. The Morgan fingerprint density at radius 3 is 1.04 bits per heavy atom. The molecule has 0 saturated carbocycles. The molecule has 0 bridgehead atoms. The first-order valence-corrected chi connectivity index (χ1v) is 10.5. The molecule has 0 aromatic carbocycles. The molecule has 0 saturated heterocycles. The second kappa shape index (κ2) is 23.1. The quantitative estimate of drug-likeness (QED) is 0.269. The molecule has 0 heterocycles. The van der Waals surface area contributed by atoms with Crippen LogP contribution in [0.3, 0.4) is 0 Å². The van der Waals surface area contributed by atoms with Gasteiger partial charge in [0.2, 0.25) is 0 Å². The van der Waals surface area contributed by atoms with E-state index in [4.69, 9.17) is 0 Å². The van der Waals surface area contributed by atoms with E-state index in [0.717, 1.165) is 12.8 Å². The molecule has 2 nitrogen and oxygen atoms in total. The van der Waals surface area contributed by atoms with Gasteiger partial charge in [-0.2, -0.15) is 0 Å². The van der Waals surface area contributed by atoms with Gasteiger partial charge < -0.3 is 9.90 Å². The van der Waals surface area contributed by atoms with E-state index in [9.17, 15) is 9.90 Å². The van der Waals surface area contributed by atoms with E-state index in [1.54, 1.807) is 0 Å². The zero-order chi connectivity index (χ0) is 17.0. The maximum atomic E-state index is 10.3. The Hall–Kier alpha value is 0.0674. The van der Waals surface area contributed by atoms with Gasteiger partial charge in [-0.05, 0) is 12.8 Å². The molecule has 0 amide bonds. The summed E-state index contributed by atoms with van der Waals surface area (Å²) in [5, 5.41) is 10.3. The van der Waals surface area contributed by atoms with Crippen molar-refractivity contribution < 1.29 is 28.8 Å². The normalized spacial score (nSPS) is 10.5. The average molecular weight is 332 g/mol. The van der Waals surface area contributed by atoms with Crippen LogP contribution in [-0.2, 0) is 4.79 Å². The largest absolute Gasteiger partial charge is 1.00 e. The molecule has 0 fully saturated rings. The van der Waals surface area contributed by atoms with Crippen LogP contribution in [0.4, 0.5) is 0 Å². The van der Waals surface area contributed by atoms with E-state index in [1.165, 1.54) is 103 Å². The van der Waals surface area contributed by atoms with Crippen molar-refractivity contribution >= 4 is 5.97 Å². The molecule has 0 spiro atoms. The Labute approximate surface area is 163 Å². The zero-order valence-electron chi connectivity index (χ0n) is 16.8. The molecule has 138 valence electrons. The number of aliphatic carboxylic acids is 1. The fourth-order valence-corrected chi connectivity index (χ4v) is 3.17. The standard InChI is InChI=1S/C21H42O2.Li/c1-2-3-4-5-6-7-8-9-10-11-12-13-14-15-16-17-18-19-20-21(22)23;/h2-20H2,1H3,(H,22,23);/q;+1/p-1. The maximum absolute atomic E-state index is 10.3. The molecule has 0 aromatic rings. The van der Waals surface area contributed by atoms with Crippen molar-refractivity contribution in [3.05, 3.63) is 0 Å². The second-order valence-electron chi connectivity index (χ2n) is 7.13. The summed E-state index contributed by atoms with van der Waals surface area (Å²) in [4.78, 5) is 10.3. The van der Waals surface area contributed by atoms with Crippen molar-refractivity contribution in [2.45, 2.75) is 129 Å². The van der Waals surface area contributed by atoms with E-state index in [0.29, 0.717) is 0 Å². The number of hydrogen-bond donors (Lipinski definition) is 0. The first-order valence-electron chi connectivity index (χ1n) is 10.5. The summed E-state index contributed by atoms with van der Waals surface area (Å²) in [6, 6.07) is 0. The first kappa shape index (κ1) is 26.3. The fraction of sp³-hybridized carbons (Fsp3) is 0.952. The predicted octanol–water partition coefficient (Wildman–Crippen LogP) is 3.17. The van der Waals surface area contributed by atoms with Gasteiger partial charge in [-0.25, -0.2) is 0 Å². The number of unbranched alkanes of at least 4 members (excludes halogenated alkanes) is 17. The minimum atomic E-state index is -0.901. The van der Waals surface area contributed by atoms with Gasteiger partial charge in [0, 0.05) is 5.97 Å². The number of carboxylic acids is 1. The Balaban J connectivity index is 0. The van der Waals surface area contributed by atoms with Gasteiger partial charge in [-0.15, -0.1) is 0 Å². The smallest absolute Gasteiger partial charge is 0.550 e. The van der Waals surface area contributed by atoms with E-state index >= 15 is 0 Å². The fourth-order valence-electron chi connectivity index (χ4n) is 3.17. The molecule has 0 rings (SSSR count). The molecule has 0 aliphatic rings. The molecular formula is C21H41LiO2. The summed E-state index contributed by atoms with van der Waals surface area (Å²) in [5.41, 5.74) is 0. The summed E-state index contributed by atoms with van der Waals surface area (Å²) in [7, 11) is 0. The average Bonchev–Trinajstić information content (AvgIpc) is 2.53. The van der Waals surface area contributed by atoms with Gasteiger partial charge in [0.1, 0.15) is 0 Å². The van der Waals surface area contributed by atoms with Crippen molar-refractivity contribution in [2.24, 2.45) is 0 Å². The minimum absolute atomic E-state index is 0. The number of hydrogen-bond acceptors (Lipinski definition) is 2. The summed E-state index contributed by atoms with van der Waals surface area (Å²) in [5.74, 6) is -0.901. The van der Waals surface area contributed by atoms with E-state index in [2.05, 4.69) is 6.92 Å². The Kier molecular flexibility index (Phi) is 25.3. The zero-order valence-corrected chi connectivity index (χ0v) is 16.8. The van der Waals surface area contributed by atoms with Crippen LogP contribution in [0.2, 0.25) is 0 Å². The molecule has 0 atom stereocenters. The topological polar surface area (TPSA) is 40.1 Å². The van der Waals surface area contributed by atoms with Crippen LogP contribution in [0.25, 0.3) is 0 Å². The summed E-state index contributed by atoms with van der Waals surface area (Å²) >= 11 is 0. The second-order valence-corrected chi connectivity index (χ2v) is 7.13. The van der Waals surface area contributed by atoms with Crippen molar-refractivity contribution in [1.82, 2.24) is 0 Å². The third kappa shape index (κ3) is 24.3. The molecule has 0 unspecified atom stereocenters. The third-order valence-corrected chi connectivity index (χ3v) is 4.73. The summed E-state index contributed by atoms with van der Waals surface area (Å²) in [6.07, 6.45) is 24.3. The predicted molar refractivity (Wildman–Crippen MR) is 98.4 cm³/mol. The van der Waals surface area contributed by atoms with Gasteiger partial charge in [-0.3, -0.25) is 0 Å². The minimum Gasteiger partial charge on any atom is -0.550 e. The Morgan fingerprint density at radius 1 is 0.542 bits per heavy atom. The van der Waals surface area contributed by atoms with Crippen molar-refractivity contribution in [2.75, 3.05) is 0 Å². The molecule has 3 heteroatoms. The van der Waals surface area contributed by atoms with Crippen LogP contribution in [-0.4, -0.2) is 5.97 Å². The third-order valence-electron chi connectivity index (χ3n) is 4.73. The molecule has 24 heavy (non-hydrogen) atoms. The van der Waals surface area contributed by atoms with E-state index in [1.807, 2.05) is 0 Å². The van der Waals surface area contributed by atoms with Crippen LogP contribution in [0, 0.1) is 0 Å². The van der Waals surface area contributed by atoms with Crippen LogP contribution < -0.4 is 24.0 Å². The number of carbonyl (C=O) groups is 1.